The fraction of sp³-hybridized carbons (Fsp3) is 0.529. The summed E-state index contributed by atoms with van der Waals surface area (Å²) in [5.74, 6) is -0.0817. The summed E-state index contributed by atoms with van der Waals surface area (Å²) in [6.45, 7) is 6.32. The van der Waals surface area contributed by atoms with Crippen LogP contribution in [0, 0.1) is 12.8 Å². The van der Waals surface area contributed by atoms with Crippen LogP contribution >= 0.6 is 0 Å². The van der Waals surface area contributed by atoms with E-state index in [1.165, 1.54) is 0 Å². The number of esters is 1. The van der Waals surface area contributed by atoms with Gasteiger partial charge < -0.3 is 14.2 Å². The molecule has 1 aromatic carbocycles. The molecule has 3 atom stereocenters. The summed E-state index contributed by atoms with van der Waals surface area (Å²) in [6.07, 6.45) is -0.846. The molecule has 0 aliphatic carbocycles. The van der Waals surface area contributed by atoms with E-state index < -0.39 is 18.1 Å². The van der Waals surface area contributed by atoms with E-state index in [4.69, 9.17) is 14.2 Å². The number of benzene rings is 1. The van der Waals surface area contributed by atoms with E-state index in [1.807, 2.05) is 25.1 Å². The Balaban J connectivity index is 1.96. The number of carbonyl (C=O) groups excluding carboxylic acids is 2. The van der Waals surface area contributed by atoms with Crippen molar-refractivity contribution >= 4 is 12.1 Å². The molecule has 6 heteroatoms. The zero-order chi connectivity index (χ0) is 16.6. The largest absolute Gasteiger partial charge is 0.486 e. The van der Waals surface area contributed by atoms with Crippen LogP contribution in [0.3, 0.4) is 0 Å². The topological polar surface area (TPSA) is 65.1 Å². The smallest absolute Gasteiger partial charge is 0.410 e. The van der Waals surface area contributed by atoms with Crippen LogP contribution in [-0.4, -0.2) is 42.8 Å². The van der Waals surface area contributed by atoms with E-state index in [-0.39, 0.29) is 18.6 Å². The molecule has 0 unspecified atom stereocenters. The van der Waals surface area contributed by atoms with Gasteiger partial charge in [-0.3, -0.25) is 9.69 Å². The van der Waals surface area contributed by atoms with Gasteiger partial charge >= 0.3 is 12.1 Å². The van der Waals surface area contributed by atoms with E-state index in [9.17, 15) is 9.59 Å². The van der Waals surface area contributed by atoms with Gasteiger partial charge in [0.2, 0.25) is 0 Å². The summed E-state index contributed by atoms with van der Waals surface area (Å²) in [5, 5.41) is 0. The SMILES string of the molecule is CCOC(=O)[C@@H]1CN(C(=O)OCC)[C@H]2c3cccc(C)c3O[C@@H]12. The zero-order valence-electron chi connectivity index (χ0n) is 13.6. The Morgan fingerprint density at radius 1 is 1.26 bits per heavy atom. The highest BCUT2D eigenvalue weighted by atomic mass is 16.6. The Bertz CT molecular complexity index is 629. The van der Waals surface area contributed by atoms with Gasteiger partial charge in [0, 0.05) is 12.1 Å². The maximum absolute atomic E-state index is 12.3. The summed E-state index contributed by atoms with van der Waals surface area (Å²) < 4.78 is 16.4. The number of para-hydroxylation sites is 1. The Hall–Kier alpha value is -2.24. The molecule has 2 aliphatic rings. The molecule has 0 bridgehead atoms. The first kappa shape index (κ1) is 15.6. The van der Waals surface area contributed by atoms with Gasteiger partial charge in [-0.1, -0.05) is 18.2 Å². The highest BCUT2D eigenvalue weighted by molar-refractivity contribution is 5.78. The fourth-order valence-corrected chi connectivity index (χ4v) is 3.38. The van der Waals surface area contributed by atoms with Crippen molar-refractivity contribution in [3.63, 3.8) is 0 Å². The number of nitrogens with zero attached hydrogens (tertiary/aromatic N) is 1. The van der Waals surface area contributed by atoms with Gasteiger partial charge in [-0.15, -0.1) is 0 Å². The first-order valence-corrected chi connectivity index (χ1v) is 7.94. The van der Waals surface area contributed by atoms with Gasteiger partial charge in [0.05, 0.1) is 13.2 Å². The average molecular weight is 319 g/mol. The number of hydrogen-bond donors (Lipinski definition) is 0. The molecule has 0 saturated carbocycles. The lowest BCUT2D eigenvalue weighted by atomic mass is 9.98. The van der Waals surface area contributed by atoms with Crippen molar-refractivity contribution in [3.8, 4) is 5.75 Å². The van der Waals surface area contributed by atoms with Crippen molar-refractivity contribution in [2.75, 3.05) is 19.8 Å². The Labute approximate surface area is 135 Å². The van der Waals surface area contributed by atoms with E-state index in [0.717, 1.165) is 16.9 Å². The third kappa shape index (κ3) is 2.52. The second kappa shape index (κ2) is 6.10. The lowest BCUT2D eigenvalue weighted by Gasteiger charge is -2.22. The van der Waals surface area contributed by atoms with Crippen molar-refractivity contribution < 1.29 is 23.8 Å². The van der Waals surface area contributed by atoms with E-state index in [2.05, 4.69) is 0 Å². The molecular formula is C17H21NO5. The molecular weight excluding hydrogens is 298 g/mol. The molecule has 2 aliphatic heterocycles. The molecule has 0 radical (unpaired) electrons. The van der Waals surface area contributed by atoms with Gasteiger partial charge in [0.25, 0.3) is 0 Å². The molecule has 1 aromatic rings. The molecule has 6 nitrogen and oxygen atoms in total. The third-order valence-corrected chi connectivity index (χ3v) is 4.34. The second-order valence-corrected chi connectivity index (χ2v) is 5.73. The van der Waals surface area contributed by atoms with Crippen LogP contribution in [0.4, 0.5) is 4.79 Å². The van der Waals surface area contributed by atoms with Gasteiger partial charge in [0.15, 0.2) is 0 Å². The Kier molecular flexibility index (Phi) is 4.15. The molecule has 23 heavy (non-hydrogen) atoms. The van der Waals surface area contributed by atoms with Crippen LogP contribution < -0.4 is 4.74 Å². The van der Waals surface area contributed by atoms with Crippen molar-refractivity contribution in [3.05, 3.63) is 29.3 Å². The zero-order valence-corrected chi connectivity index (χ0v) is 13.6. The maximum Gasteiger partial charge on any atom is 0.410 e. The van der Waals surface area contributed by atoms with Gasteiger partial charge in [-0.2, -0.15) is 0 Å². The highest BCUT2D eigenvalue weighted by Gasteiger charge is 2.55. The Morgan fingerprint density at radius 2 is 2.00 bits per heavy atom. The average Bonchev–Trinajstić information content (AvgIpc) is 3.06. The van der Waals surface area contributed by atoms with Gasteiger partial charge in [-0.25, -0.2) is 4.79 Å². The lowest BCUT2D eigenvalue weighted by Crippen LogP contribution is -2.32. The number of amides is 1. The van der Waals surface area contributed by atoms with Crippen LogP contribution in [0.1, 0.15) is 31.0 Å². The summed E-state index contributed by atoms with van der Waals surface area (Å²) in [7, 11) is 0. The normalized spacial score (nSPS) is 24.7. The number of rotatable bonds is 3. The summed E-state index contributed by atoms with van der Waals surface area (Å²) in [6, 6.07) is 5.51. The number of carbonyl (C=O) groups is 2. The van der Waals surface area contributed by atoms with Crippen molar-refractivity contribution in [1.82, 2.24) is 4.90 Å². The van der Waals surface area contributed by atoms with Crippen molar-refractivity contribution in [2.24, 2.45) is 5.92 Å². The number of ether oxygens (including phenoxy) is 3. The number of likely N-dealkylation sites (tertiary alicyclic amines) is 1. The summed E-state index contributed by atoms with van der Waals surface area (Å²) in [4.78, 5) is 26.2. The predicted octanol–water partition coefficient (Wildman–Crippen LogP) is 2.45. The van der Waals surface area contributed by atoms with Crippen LogP contribution in [0.2, 0.25) is 0 Å². The van der Waals surface area contributed by atoms with Crippen molar-refractivity contribution in [2.45, 2.75) is 32.9 Å². The molecule has 2 heterocycles. The first-order chi connectivity index (χ1) is 11.1. The molecule has 0 N–H and O–H groups in total. The second-order valence-electron chi connectivity index (χ2n) is 5.73. The Morgan fingerprint density at radius 3 is 2.70 bits per heavy atom. The van der Waals surface area contributed by atoms with E-state index in [0.29, 0.717) is 13.2 Å². The number of hydrogen-bond acceptors (Lipinski definition) is 5. The number of aryl methyl sites for hydroxylation is 1. The predicted molar refractivity (Wildman–Crippen MR) is 82.2 cm³/mol. The van der Waals surface area contributed by atoms with Gasteiger partial charge in [-0.05, 0) is 26.3 Å². The molecule has 1 fully saturated rings. The molecule has 1 saturated heterocycles. The molecule has 124 valence electrons. The fourth-order valence-electron chi connectivity index (χ4n) is 3.38. The quantitative estimate of drug-likeness (QED) is 0.801. The summed E-state index contributed by atoms with van der Waals surface area (Å²) in [5.41, 5.74) is 1.91. The van der Waals surface area contributed by atoms with Crippen LogP contribution in [0.25, 0.3) is 0 Å². The molecule has 3 rings (SSSR count). The van der Waals surface area contributed by atoms with Crippen LogP contribution in [0.5, 0.6) is 5.75 Å². The standard InChI is InChI=1S/C17H21NO5/c1-4-21-16(19)12-9-18(17(20)22-5-2)13-11-8-6-7-10(3)14(11)23-15(12)13/h6-8,12-13,15H,4-5,9H2,1-3H3/t12-,13+,15+/m1/s1. The minimum absolute atomic E-state index is 0.250. The molecule has 0 spiro atoms. The number of fused-ring (bicyclic) bond motifs is 3. The van der Waals surface area contributed by atoms with Crippen molar-refractivity contribution in [1.29, 1.82) is 0 Å². The third-order valence-electron chi connectivity index (χ3n) is 4.34. The van der Waals surface area contributed by atoms with E-state index in [1.54, 1.807) is 18.7 Å². The molecule has 1 amide bonds. The highest BCUT2D eigenvalue weighted by Crippen LogP contribution is 2.49. The van der Waals surface area contributed by atoms with E-state index >= 15 is 0 Å². The van der Waals surface area contributed by atoms with Gasteiger partial charge in [0.1, 0.15) is 23.8 Å². The lowest BCUT2D eigenvalue weighted by molar-refractivity contribution is -0.149. The minimum Gasteiger partial charge on any atom is -0.486 e. The monoisotopic (exact) mass is 319 g/mol. The van der Waals surface area contributed by atoms with Crippen LogP contribution in [0.15, 0.2) is 18.2 Å². The van der Waals surface area contributed by atoms with Crippen LogP contribution in [-0.2, 0) is 14.3 Å². The first-order valence-electron chi connectivity index (χ1n) is 7.94. The molecule has 0 aromatic heterocycles. The maximum atomic E-state index is 12.3. The summed E-state index contributed by atoms with van der Waals surface area (Å²) >= 11 is 0. The minimum atomic E-state index is -0.504.